The number of nitrogens with one attached hydrogen (secondary N) is 4. The summed E-state index contributed by atoms with van der Waals surface area (Å²) in [6.07, 6.45) is 10.8. The first kappa shape index (κ1) is 42.6. The molecule has 2 aromatic heterocycles. The van der Waals surface area contributed by atoms with E-state index in [0.29, 0.717) is 37.6 Å². The molecule has 7 atom stereocenters. The largest absolute Gasteiger partial charge is 0.488 e. The molecule has 5 heterocycles. The van der Waals surface area contributed by atoms with Crippen molar-refractivity contribution in [1.82, 2.24) is 40.4 Å². The van der Waals surface area contributed by atoms with Gasteiger partial charge in [-0.05, 0) is 84.9 Å². The van der Waals surface area contributed by atoms with Gasteiger partial charge in [-0.2, -0.15) is 0 Å². The maximum Gasteiger partial charge on any atom is 0.407 e. The number of aromatic nitrogens is 4. The Morgan fingerprint density at radius 1 is 0.938 bits per heavy atom. The summed E-state index contributed by atoms with van der Waals surface area (Å²) in [5, 5.41) is 17.6. The lowest BCUT2D eigenvalue weighted by atomic mass is 9.91. The van der Waals surface area contributed by atoms with E-state index in [9.17, 15) is 24.3 Å². The third kappa shape index (κ3) is 7.84. The summed E-state index contributed by atoms with van der Waals surface area (Å²) in [6.45, 7) is 6.43. The maximum atomic E-state index is 14.2. The Kier molecular flexibility index (Phi) is 11.6. The number of benzene rings is 3. The van der Waals surface area contributed by atoms with Gasteiger partial charge < -0.3 is 49.7 Å². The zero-order valence-electron chi connectivity index (χ0n) is 36.6. The van der Waals surface area contributed by atoms with Crippen LogP contribution in [0.5, 0.6) is 5.75 Å². The number of ether oxygens (including phenoxy) is 3. The summed E-state index contributed by atoms with van der Waals surface area (Å²) < 4.78 is 16.1. The van der Waals surface area contributed by atoms with Gasteiger partial charge in [0.05, 0.1) is 49.2 Å². The minimum absolute atomic E-state index is 0.0364. The molecule has 4 aliphatic rings. The van der Waals surface area contributed by atoms with Crippen LogP contribution in [0.3, 0.4) is 0 Å². The first-order valence-corrected chi connectivity index (χ1v) is 22.0. The summed E-state index contributed by atoms with van der Waals surface area (Å²) in [4.78, 5) is 73.2. The van der Waals surface area contributed by atoms with Crippen LogP contribution in [0, 0.1) is 17.8 Å². The van der Waals surface area contributed by atoms with Crippen molar-refractivity contribution >= 4 is 45.8 Å². The number of rotatable bonds is 10. The third-order valence-electron chi connectivity index (χ3n) is 13.3. The number of methoxy groups -OCH3 is 2. The quantitative estimate of drug-likeness (QED) is 0.0989. The zero-order valence-corrected chi connectivity index (χ0v) is 36.6. The van der Waals surface area contributed by atoms with Crippen LogP contribution >= 0.6 is 0 Å². The second-order valence-electron chi connectivity index (χ2n) is 17.7. The number of carbonyl (C=O) groups is 4. The van der Waals surface area contributed by atoms with Crippen molar-refractivity contribution < 1.29 is 38.5 Å². The molecular weight excluding hydrogens is 817 g/mol. The number of hydrogen-bond donors (Lipinski definition) is 5. The molecule has 5 aromatic rings. The van der Waals surface area contributed by atoms with E-state index >= 15 is 0 Å². The van der Waals surface area contributed by atoms with Crippen molar-refractivity contribution in [3.8, 4) is 28.1 Å². The number of fused-ring (bicyclic) bond motifs is 6. The monoisotopic (exact) mass is 870 g/mol. The summed E-state index contributed by atoms with van der Waals surface area (Å²) >= 11 is 0. The van der Waals surface area contributed by atoms with Crippen molar-refractivity contribution in [3.63, 3.8) is 0 Å². The minimum Gasteiger partial charge on any atom is -0.488 e. The zero-order chi connectivity index (χ0) is 44.8. The van der Waals surface area contributed by atoms with Crippen LogP contribution in [0.4, 0.5) is 9.59 Å². The molecule has 3 aliphatic heterocycles. The van der Waals surface area contributed by atoms with Gasteiger partial charge in [0.2, 0.25) is 11.8 Å². The maximum absolute atomic E-state index is 14.2. The van der Waals surface area contributed by atoms with E-state index < -0.39 is 30.3 Å². The number of aliphatic hydroxyl groups is 1. The van der Waals surface area contributed by atoms with E-state index in [-0.39, 0.29) is 48.3 Å². The highest BCUT2D eigenvalue weighted by Gasteiger charge is 2.43. The molecule has 2 saturated heterocycles. The highest BCUT2D eigenvalue weighted by Crippen LogP contribution is 2.44. The molecule has 64 heavy (non-hydrogen) atoms. The van der Waals surface area contributed by atoms with Crippen LogP contribution in [0.15, 0.2) is 73.0 Å². The van der Waals surface area contributed by atoms with Gasteiger partial charge in [-0.15, -0.1) is 0 Å². The summed E-state index contributed by atoms with van der Waals surface area (Å²) in [6, 6.07) is 12.2. The number of hydrogen-bond acceptors (Lipinski definition) is 10. The molecule has 2 fully saturated rings. The van der Waals surface area contributed by atoms with Crippen molar-refractivity contribution in [1.29, 1.82) is 0 Å². The van der Waals surface area contributed by atoms with Crippen molar-refractivity contribution in [2.45, 2.75) is 83.3 Å². The van der Waals surface area contributed by atoms with Crippen LogP contribution in [-0.4, -0.2) is 104 Å². The predicted molar refractivity (Wildman–Crippen MR) is 239 cm³/mol. The second kappa shape index (κ2) is 17.5. The van der Waals surface area contributed by atoms with Gasteiger partial charge in [0.15, 0.2) is 0 Å². The Bertz CT molecular complexity index is 2690. The van der Waals surface area contributed by atoms with E-state index in [1.54, 1.807) is 11.1 Å². The van der Waals surface area contributed by atoms with Crippen LogP contribution in [0.2, 0.25) is 0 Å². The average Bonchev–Trinajstić information content (AvgIpc) is 4.14. The Labute approximate surface area is 370 Å². The third-order valence-corrected chi connectivity index (χ3v) is 13.3. The molecule has 4 amide bonds. The van der Waals surface area contributed by atoms with Crippen molar-refractivity contribution in [2.75, 3.05) is 27.4 Å². The van der Waals surface area contributed by atoms with Gasteiger partial charge >= 0.3 is 12.2 Å². The molecule has 0 radical (unpaired) electrons. The standard InChI is InChI=1S/C48H54N8O8/c1-25(2)40(53-47(60)62-4)46(59)56-26(3)11-16-37(56)44-50-35-15-13-29-19-34-32-14-12-30(18-31(32)24-64-39(34)20-33(29)42(35)52-44)36-21-49-43(51-36)38-17-27(23-57)22-55(38)45(58)41(54-48(61)63-5)28-9-7-6-8-10-28/h6-9,12-15,18-21,25-28,37-38,40-41,57H,10-11,16-17,22-24H2,1-5H3,(H,49,51)(H,50,52)(H,53,60)(H,54,61)/t26-,27-,28?,37-,38-,40-,41+/m0/s1. The lowest BCUT2D eigenvalue weighted by molar-refractivity contribution is -0.137. The van der Waals surface area contributed by atoms with Gasteiger partial charge in [-0.25, -0.2) is 19.6 Å². The number of nitrogens with zero attached hydrogens (tertiary/aromatic N) is 4. The fraction of sp³-hybridized carbons (Fsp3) is 0.417. The molecule has 334 valence electrons. The number of carbonyl (C=O) groups excluding carboxylic acids is 4. The molecule has 5 N–H and O–H groups in total. The fourth-order valence-corrected chi connectivity index (χ4v) is 9.89. The first-order chi connectivity index (χ1) is 31.0. The Hall–Kier alpha value is -6.68. The van der Waals surface area contributed by atoms with Crippen LogP contribution in [0.25, 0.3) is 44.2 Å². The van der Waals surface area contributed by atoms with Gasteiger partial charge in [0.1, 0.15) is 36.1 Å². The highest BCUT2D eigenvalue weighted by molar-refractivity contribution is 6.07. The molecule has 9 rings (SSSR count). The van der Waals surface area contributed by atoms with Gasteiger partial charge in [-0.3, -0.25) is 9.59 Å². The van der Waals surface area contributed by atoms with E-state index in [1.165, 1.54) is 14.2 Å². The Balaban J connectivity index is 0.967. The number of amides is 4. The molecule has 16 nitrogen and oxygen atoms in total. The average molecular weight is 871 g/mol. The van der Waals surface area contributed by atoms with Gasteiger partial charge in [-0.1, -0.05) is 56.4 Å². The molecule has 0 bridgehead atoms. The number of allylic oxidation sites excluding steroid dienone is 3. The van der Waals surface area contributed by atoms with Crippen LogP contribution < -0.4 is 15.4 Å². The SMILES string of the molecule is COC(=O)N[C@H](C(=O)N1[C@@H](C)CC[C@H]1c1nc2c(ccc3cc4c(cc32)OCc2cc(-c3cnc([C@@H]5C[C@H](CO)CN5C(=O)[C@H](NC(=O)OC)C5C=CC=CC5)[nH]3)ccc2-4)[nH]1)C(C)C. The topological polar surface area (TPSA) is 204 Å². The highest BCUT2D eigenvalue weighted by atomic mass is 16.5. The number of alkyl carbamates (subject to hydrolysis) is 2. The number of aromatic amines is 2. The lowest BCUT2D eigenvalue weighted by Gasteiger charge is -2.32. The van der Waals surface area contributed by atoms with Crippen molar-refractivity contribution in [3.05, 3.63) is 90.2 Å². The number of H-pyrrole nitrogens is 2. The lowest BCUT2D eigenvalue weighted by Crippen LogP contribution is -2.52. The van der Waals surface area contributed by atoms with Crippen LogP contribution in [0.1, 0.15) is 75.8 Å². The van der Waals surface area contributed by atoms with E-state index in [2.05, 4.69) is 44.9 Å². The second-order valence-corrected chi connectivity index (χ2v) is 17.7. The minimum atomic E-state index is -0.850. The molecule has 1 aliphatic carbocycles. The normalized spacial score (nSPS) is 22.3. The molecule has 0 saturated carbocycles. The van der Waals surface area contributed by atoms with E-state index in [1.807, 2.05) is 68.2 Å². The summed E-state index contributed by atoms with van der Waals surface area (Å²) in [5.41, 5.74) is 6.36. The predicted octanol–water partition coefficient (Wildman–Crippen LogP) is 6.84. The Morgan fingerprint density at radius 2 is 1.75 bits per heavy atom. The molecule has 16 heteroatoms. The van der Waals surface area contributed by atoms with E-state index in [0.717, 1.165) is 68.3 Å². The van der Waals surface area contributed by atoms with Gasteiger partial charge in [0.25, 0.3) is 0 Å². The summed E-state index contributed by atoms with van der Waals surface area (Å²) in [5.74, 6) is 1.09. The van der Waals surface area contributed by atoms with Crippen LogP contribution in [-0.2, 0) is 25.7 Å². The molecule has 3 aromatic carbocycles. The molecule has 0 spiro atoms. The number of aliphatic hydroxyl groups excluding tert-OH is 1. The fourth-order valence-electron chi connectivity index (χ4n) is 9.89. The Morgan fingerprint density at radius 3 is 2.50 bits per heavy atom. The number of likely N-dealkylation sites (tertiary alicyclic amines) is 2. The first-order valence-electron chi connectivity index (χ1n) is 22.0. The number of imidazole rings is 2. The molecule has 1 unspecified atom stereocenters. The van der Waals surface area contributed by atoms with Gasteiger partial charge in [0, 0.05) is 42.0 Å². The van der Waals surface area contributed by atoms with Crippen molar-refractivity contribution in [2.24, 2.45) is 17.8 Å². The smallest absolute Gasteiger partial charge is 0.407 e. The molecular formula is C48H54N8O8. The van der Waals surface area contributed by atoms with E-state index in [4.69, 9.17) is 24.2 Å². The summed E-state index contributed by atoms with van der Waals surface area (Å²) in [7, 11) is 2.56.